The van der Waals surface area contributed by atoms with Gasteiger partial charge < -0.3 is 10.6 Å². The quantitative estimate of drug-likeness (QED) is 0.826. The van der Waals surface area contributed by atoms with Gasteiger partial charge in [0.25, 0.3) is 0 Å². The van der Waals surface area contributed by atoms with Crippen LogP contribution in [0.15, 0.2) is 18.2 Å². The third-order valence-corrected chi connectivity index (χ3v) is 3.29. The van der Waals surface area contributed by atoms with Crippen LogP contribution in [0.4, 0.5) is 10.1 Å². The molecule has 0 bridgehead atoms. The van der Waals surface area contributed by atoms with Crippen LogP contribution in [-0.4, -0.2) is 24.8 Å². The summed E-state index contributed by atoms with van der Waals surface area (Å²) in [6.07, 6.45) is 2.94. The average Bonchev–Trinajstić information content (AvgIpc) is 2.38. The van der Waals surface area contributed by atoms with Crippen molar-refractivity contribution < 1.29 is 14.0 Å². The second-order valence-corrected chi connectivity index (χ2v) is 4.40. The summed E-state index contributed by atoms with van der Waals surface area (Å²) in [4.78, 5) is 24.1. The number of benzene rings is 1. The molecule has 1 unspecified atom stereocenters. The van der Waals surface area contributed by atoms with Crippen molar-refractivity contribution in [1.82, 2.24) is 0 Å². The highest BCUT2D eigenvalue weighted by Gasteiger charge is 2.29. The predicted octanol–water partition coefficient (Wildman–Crippen LogP) is 1.48. The Hall–Kier alpha value is -1.91. The molecule has 0 spiro atoms. The number of primary amides is 1. The molecular weight excluding hydrogens is 235 g/mol. The van der Waals surface area contributed by atoms with Crippen LogP contribution in [0.5, 0.6) is 0 Å². The topological polar surface area (TPSA) is 63.4 Å². The van der Waals surface area contributed by atoms with Crippen molar-refractivity contribution in [3.63, 3.8) is 0 Å². The van der Waals surface area contributed by atoms with Crippen LogP contribution in [0.2, 0.25) is 0 Å². The molecule has 18 heavy (non-hydrogen) atoms. The monoisotopic (exact) mass is 250 g/mol. The minimum Gasteiger partial charge on any atom is -0.368 e. The molecule has 96 valence electrons. The highest BCUT2D eigenvalue weighted by Crippen LogP contribution is 2.28. The summed E-state index contributed by atoms with van der Waals surface area (Å²) in [5, 5.41) is 0. The van der Waals surface area contributed by atoms with Gasteiger partial charge in [0.2, 0.25) is 5.91 Å². The van der Waals surface area contributed by atoms with E-state index in [0.29, 0.717) is 24.9 Å². The Balaban J connectivity index is 2.42. The number of hydrogen-bond acceptors (Lipinski definition) is 3. The number of aldehydes is 1. The lowest BCUT2D eigenvalue weighted by atomic mass is 9.99. The van der Waals surface area contributed by atoms with Gasteiger partial charge in [-0.15, -0.1) is 0 Å². The lowest BCUT2D eigenvalue weighted by Crippen LogP contribution is -2.48. The van der Waals surface area contributed by atoms with Crippen molar-refractivity contribution in [1.29, 1.82) is 0 Å². The number of nitrogens with two attached hydrogens (primary N) is 1. The Morgan fingerprint density at radius 3 is 2.89 bits per heavy atom. The third-order valence-electron chi connectivity index (χ3n) is 3.29. The standard InChI is InChI=1S/C13H15FN2O2/c14-10-4-3-6-11(9(10)8-17)16-7-2-1-5-12(16)13(15)18/h3-4,6,8,12H,1-2,5,7H2,(H2,15,18). The van der Waals surface area contributed by atoms with E-state index < -0.39 is 17.8 Å². The number of carbonyl (C=O) groups excluding carboxylic acids is 2. The molecule has 0 aromatic heterocycles. The Labute approximate surface area is 105 Å². The molecule has 2 N–H and O–H groups in total. The zero-order valence-corrected chi connectivity index (χ0v) is 9.93. The van der Waals surface area contributed by atoms with E-state index >= 15 is 0 Å². The van der Waals surface area contributed by atoms with E-state index in [4.69, 9.17) is 5.73 Å². The molecule has 0 aliphatic carbocycles. The summed E-state index contributed by atoms with van der Waals surface area (Å²) >= 11 is 0. The maximum Gasteiger partial charge on any atom is 0.240 e. The summed E-state index contributed by atoms with van der Waals surface area (Å²) in [5.41, 5.74) is 5.81. The fraction of sp³-hybridized carbons (Fsp3) is 0.385. The zero-order valence-electron chi connectivity index (χ0n) is 9.93. The van der Waals surface area contributed by atoms with E-state index in [2.05, 4.69) is 0 Å². The largest absolute Gasteiger partial charge is 0.368 e. The zero-order chi connectivity index (χ0) is 13.1. The molecule has 2 rings (SSSR count). The predicted molar refractivity (Wildman–Crippen MR) is 66.0 cm³/mol. The van der Waals surface area contributed by atoms with Gasteiger partial charge in [0, 0.05) is 6.54 Å². The number of hydrogen-bond donors (Lipinski definition) is 1. The second-order valence-electron chi connectivity index (χ2n) is 4.40. The van der Waals surface area contributed by atoms with Crippen molar-refractivity contribution in [2.24, 2.45) is 5.73 Å². The SMILES string of the molecule is NC(=O)C1CCCCN1c1cccc(F)c1C=O. The minimum absolute atomic E-state index is 0.00866. The van der Waals surface area contributed by atoms with Crippen LogP contribution in [-0.2, 0) is 4.79 Å². The molecule has 1 fully saturated rings. The first kappa shape index (κ1) is 12.5. The molecule has 5 heteroatoms. The summed E-state index contributed by atoms with van der Waals surface area (Å²) in [6, 6.07) is 3.95. The fourth-order valence-electron chi connectivity index (χ4n) is 2.41. The van der Waals surface area contributed by atoms with Gasteiger partial charge in [-0.1, -0.05) is 6.07 Å². The van der Waals surface area contributed by atoms with Crippen molar-refractivity contribution in [2.45, 2.75) is 25.3 Å². The van der Waals surface area contributed by atoms with Crippen LogP contribution >= 0.6 is 0 Å². The van der Waals surface area contributed by atoms with E-state index in [-0.39, 0.29) is 5.56 Å². The number of rotatable bonds is 3. The smallest absolute Gasteiger partial charge is 0.240 e. The molecule has 1 amide bonds. The van der Waals surface area contributed by atoms with E-state index in [1.807, 2.05) is 0 Å². The average molecular weight is 250 g/mol. The molecule has 1 aromatic rings. The molecule has 1 heterocycles. The van der Waals surface area contributed by atoms with Gasteiger partial charge in [-0.25, -0.2) is 4.39 Å². The summed E-state index contributed by atoms with van der Waals surface area (Å²) in [7, 11) is 0. The number of anilines is 1. The summed E-state index contributed by atoms with van der Waals surface area (Å²) in [6.45, 7) is 0.609. The van der Waals surface area contributed by atoms with Gasteiger partial charge in [0.1, 0.15) is 11.9 Å². The highest BCUT2D eigenvalue weighted by molar-refractivity contribution is 5.89. The number of halogens is 1. The van der Waals surface area contributed by atoms with Gasteiger partial charge in [0.05, 0.1) is 11.3 Å². The summed E-state index contributed by atoms with van der Waals surface area (Å²) < 4.78 is 13.6. The van der Waals surface area contributed by atoms with Crippen LogP contribution in [0.3, 0.4) is 0 Å². The van der Waals surface area contributed by atoms with Crippen LogP contribution in [0.25, 0.3) is 0 Å². The normalized spacial score (nSPS) is 19.6. The molecule has 1 atom stereocenters. The van der Waals surface area contributed by atoms with E-state index in [1.165, 1.54) is 12.1 Å². The molecular formula is C13H15FN2O2. The molecule has 1 aliphatic rings. The Kier molecular flexibility index (Phi) is 3.60. The lowest BCUT2D eigenvalue weighted by molar-refractivity contribution is -0.119. The van der Waals surface area contributed by atoms with Crippen molar-refractivity contribution >= 4 is 17.9 Å². The molecule has 0 saturated carbocycles. The first-order valence-corrected chi connectivity index (χ1v) is 5.95. The van der Waals surface area contributed by atoms with Gasteiger partial charge in [0.15, 0.2) is 6.29 Å². The minimum atomic E-state index is -0.573. The van der Waals surface area contributed by atoms with E-state index in [1.54, 1.807) is 11.0 Å². The first-order chi connectivity index (χ1) is 8.65. The van der Waals surface area contributed by atoms with Crippen molar-refractivity contribution in [3.05, 3.63) is 29.6 Å². The molecule has 0 radical (unpaired) electrons. The Bertz CT molecular complexity index is 476. The van der Waals surface area contributed by atoms with E-state index in [0.717, 1.165) is 12.8 Å². The van der Waals surface area contributed by atoms with Crippen molar-refractivity contribution in [2.75, 3.05) is 11.4 Å². The lowest BCUT2D eigenvalue weighted by Gasteiger charge is -2.36. The van der Waals surface area contributed by atoms with Gasteiger partial charge >= 0.3 is 0 Å². The Morgan fingerprint density at radius 1 is 1.44 bits per heavy atom. The number of piperidine rings is 1. The highest BCUT2D eigenvalue weighted by atomic mass is 19.1. The fourth-order valence-corrected chi connectivity index (χ4v) is 2.41. The Morgan fingerprint density at radius 2 is 2.22 bits per heavy atom. The van der Waals surface area contributed by atoms with Gasteiger partial charge in [-0.05, 0) is 31.4 Å². The molecule has 1 aliphatic heterocycles. The number of amides is 1. The summed E-state index contributed by atoms with van der Waals surface area (Å²) in [5.74, 6) is -1.01. The second kappa shape index (κ2) is 5.16. The number of nitrogens with zero attached hydrogens (tertiary/aromatic N) is 1. The first-order valence-electron chi connectivity index (χ1n) is 5.95. The van der Waals surface area contributed by atoms with Crippen LogP contribution in [0, 0.1) is 5.82 Å². The maximum atomic E-state index is 13.6. The third kappa shape index (κ3) is 2.20. The van der Waals surface area contributed by atoms with Gasteiger partial charge in [-0.3, -0.25) is 9.59 Å². The molecule has 4 nitrogen and oxygen atoms in total. The molecule has 1 aromatic carbocycles. The maximum absolute atomic E-state index is 13.6. The van der Waals surface area contributed by atoms with Gasteiger partial charge in [-0.2, -0.15) is 0 Å². The molecule has 1 saturated heterocycles. The van der Waals surface area contributed by atoms with Crippen LogP contribution in [0.1, 0.15) is 29.6 Å². The van der Waals surface area contributed by atoms with Crippen LogP contribution < -0.4 is 10.6 Å². The van der Waals surface area contributed by atoms with Crippen molar-refractivity contribution in [3.8, 4) is 0 Å². The van der Waals surface area contributed by atoms with E-state index in [9.17, 15) is 14.0 Å². The number of carbonyl (C=O) groups is 2.